The van der Waals surface area contributed by atoms with Gasteiger partial charge in [0, 0.05) is 12.8 Å². The fraction of sp³-hybridized carbons (Fsp3) is 0.727. The largest absolute Gasteiger partial charge is 0.472 e. The lowest BCUT2D eigenvalue weighted by Gasteiger charge is -2.20. The van der Waals surface area contributed by atoms with Gasteiger partial charge in [0.25, 0.3) is 0 Å². The Hall–Kier alpha value is -2.33. The molecule has 0 aromatic rings. The average Bonchev–Trinajstić information content (AvgIpc) is 3.17. The maximum absolute atomic E-state index is 12.6. The quantitative estimate of drug-likeness (QED) is 0.0237. The third-order valence-electron chi connectivity index (χ3n) is 8.64. The van der Waals surface area contributed by atoms with Crippen LogP contribution in [0.25, 0.3) is 0 Å². The summed E-state index contributed by atoms with van der Waals surface area (Å²) < 4.78 is 32.6. The van der Waals surface area contributed by atoms with Gasteiger partial charge in [-0.25, -0.2) is 4.57 Å². The molecule has 0 aromatic carbocycles. The van der Waals surface area contributed by atoms with Gasteiger partial charge < -0.3 is 24.6 Å². The van der Waals surface area contributed by atoms with Gasteiger partial charge in [0.2, 0.25) is 0 Å². The summed E-state index contributed by atoms with van der Waals surface area (Å²) in [7, 11) is -4.63. The summed E-state index contributed by atoms with van der Waals surface area (Å²) in [6.45, 7) is 2.26. The van der Waals surface area contributed by atoms with E-state index in [9.17, 15) is 24.2 Å². The van der Waals surface area contributed by atoms with Crippen LogP contribution in [0.4, 0.5) is 0 Å². The van der Waals surface area contributed by atoms with Gasteiger partial charge in [-0.3, -0.25) is 18.6 Å². The second kappa shape index (κ2) is 39.9. The lowest BCUT2D eigenvalue weighted by Crippen LogP contribution is -2.29. The predicted octanol–water partition coefficient (Wildman–Crippen LogP) is 11.1. The van der Waals surface area contributed by atoms with Gasteiger partial charge in [-0.2, -0.15) is 0 Å². The first-order valence-corrected chi connectivity index (χ1v) is 22.7. The molecule has 0 amide bonds. The number of phosphoric ester groups is 1. The minimum atomic E-state index is -4.63. The number of phosphoric acid groups is 1. The van der Waals surface area contributed by atoms with E-state index >= 15 is 0 Å². The lowest BCUT2D eigenvalue weighted by molar-refractivity contribution is -0.161. The Morgan fingerprint density at radius 3 is 1.45 bits per heavy atom. The first-order chi connectivity index (χ1) is 26.7. The summed E-state index contributed by atoms with van der Waals surface area (Å²) in [5, 5.41) is 18.3. The van der Waals surface area contributed by atoms with Crippen LogP contribution in [0.15, 0.2) is 60.8 Å². The normalized spacial score (nSPS) is 14.5. The molecule has 3 N–H and O–H groups in total. The highest BCUT2D eigenvalue weighted by molar-refractivity contribution is 7.47. The molecular weight excluding hydrogens is 719 g/mol. The molecule has 0 aliphatic heterocycles. The number of carbonyl (C=O) groups is 2. The number of esters is 2. The van der Waals surface area contributed by atoms with Crippen molar-refractivity contribution < 1.29 is 47.8 Å². The van der Waals surface area contributed by atoms with Crippen LogP contribution >= 0.6 is 7.82 Å². The van der Waals surface area contributed by atoms with Crippen molar-refractivity contribution in [2.75, 3.05) is 26.4 Å². The lowest BCUT2D eigenvalue weighted by atomic mass is 10.1. The van der Waals surface area contributed by atoms with Crippen molar-refractivity contribution in [2.45, 2.75) is 180 Å². The molecule has 0 saturated heterocycles. The molecule has 0 radical (unpaired) electrons. The van der Waals surface area contributed by atoms with Gasteiger partial charge >= 0.3 is 19.8 Å². The number of carbonyl (C=O) groups excluding carboxylic acids is 2. The summed E-state index contributed by atoms with van der Waals surface area (Å²) in [6.07, 6.45) is 43.3. The topological polar surface area (TPSA) is 149 Å². The van der Waals surface area contributed by atoms with Crippen LogP contribution in [0.1, 0.15) is 168 Å². The third-order valence-corrected chi connectivity index (χ3v) is 9.60. The molecule has 0 saturated carbocycles. The summed E-state index contributed by atoms with van der Waals surface area (Å²) >= 11 is 0. The number of hydrogen-bond donors (Lipinski definition) is 3. The number of ether oxygens (including phenoxy) is 2. The molecule has 0 aromatic heterocycles. The van der Waals surface area contributed by atoms with Crippen LogP contribution in [-0.2, 0) is 32.7 Å². The van der Waals surface area contributed by atoms with Crippen LogP contribution in [0.5, 0.6) is 0 Å². The van der Waals surface area contributed by atoms with Crippen molar-refractivity contribution in [1.82, 2.24) is 0 Å². The number of allylic oxidation sites excluding steroid dienone is 10. The predicted molar refractivity (Wildman–Crippen MR) is 224 cm³/mol. The Balaban J connectivity index is 4.39. The van der Waals surface area contributed by atoms with Crippen molar-refractivity contribution in [3.8, 4) is 0 Å². The minimum absolute atomic E-state index is 0.164. The van der Waals surface area contributed by atoms with E-state index in [4.69, 9.17) is 19.1 Å². The minimum Gasteiger partial charge on any atom is -0.462 e. The molecule has 3 atom stereocenters. The Morgan fingerprint density at radius 2 is 0.945 bits per heavy atom. The number of rotatable bonds is 39. The van der Waals surface area contributed by atoms with Gasteiger partial charge in [-0.15, -0.1) is 0 Å². The maximum atomic E-state index is 12.6. The highest BCUT2D eigenvalue weighted by Gasteiger charge is 2.27. The average molecular weight is 797 g/mol. The third kappa shape index (κ3) is 39.7. The molecule has 10 nitrogen and oxygen atoms in total. The van der Waals surface area contributed by atoms with Crippen molar-refractivity contribution in [3.05, 3.63) is 60.8 Å². The number of unbranched alkanes of at least 4 members (excludes halogenated alkanes) is 15. The highest BCUT2D eigenvalue weighted by atomic mass is 31.2. The summed E-state index contributed by atoms with van der Waals surface area (Å²) in [5.41, 5.74) is 0. The summed E-state index contributed by atoms with van der Waals surface area (Å²) in [4.78, 5) is 34.9. The van der Waals surface area contributed by atoms with Gasteiger partial charge in [0.05, 0.1) is 19.8 Å². The molecule has 1 unspecified atom stereocenters. The first kappa shape index (κ1) is 52.7. The van der Waals surface area contributed by atoms with E-state index in [1.54, 1.807) is 0 Å². The van der Waals surface area contributed by atoms with Crippen LogP contribution in [0.2, 0.25) is 0 Å². The maximum Gasteiger partial charge on any atom is 0.472 e. The van der Waals surface area contributed by atoms with Gasteiger partial charge in [0.15, 0.2) is 6.10 Å². The molecule has 0 fully saturated rings. The van der Waals surface area contributed by atoms with Crippen molar-refractivity contribution in [2.24, 2.45) is 0 Å². The zero-order chi connectivity index (χ0) is 40.5. The fourth-order valence-corrected chi connectivity index (χ4v) is 6.11. The standard InChI is InChI=1S/C44H77O10P/c1-3-5-7-9-11-13-15-17-19-20-22-24-26-28-30-32-34-36-44(48)54-42(40-53-55(49,50)52-38-41(46)37-45)39-51-43(47)35-33-31-29-27-25-23-21-18-16-14-12-10-8-6-4-2/h11-14,17-19,21,25,27,41-42,45-46H,3-10,15-16,20,22-24,26,28-40H2,1-2H3,(H,49,50)/b13-11+,14-12+,19-17+,21-18+,27-25+/t41-,42+/m0/s1. The van der Waals surface area contributed by atoms with Gasteiger partial charge in [0.1, 0.15) is 12.7 Å². The van der Waals surface area contributed by atoms with Crippen LogP contribution in [0, 0.1) is 0 Å². The van der Waals surface area contributed by atoms with Crippen molar-refractivity contribution in [3.63, 3.8) is 0 Å². The monoisotopic (exact) mass is 797 g/mol. The number of aliphatic hydroxyl groups excluding tert-OH is 2. The molecule has 0 heterocycles. The molecule has 0 aliphatic rings. The number of aliphatic hydroxyl groups is 2. The smallest absolute Gasteiger partial charge is 0.462 e. The Labute approximate surface area is 334 Å². The second-order valence-electron chi connectivity index (χ2n) is 14.0. The summed E-state index contributed by atoms with van der Waals surface area (Å²) in [5.74, 6) is -0.983. The zero-order valence-electron chi connectivity index (χ0n) is 34.4. The molecule has 11 heteroatoms. The van der Waals surface area contributed by atoms with E-state index in [0.29, 0.717) is 12.8 Å². The second-order valence-corrected chi connectivity index (χ2v) is 15.5. The molecule has 0 rings (SSSR count). The van der Waals surface area contributed by atoms with Gasteiger partial charge in [-0.1, -0.05) is 132 Å². The SMILES string of the molecule is CCCCC/C=C/C/C=C/C/C=C/CCCCC(=O)OC[C@H](COP(=O)(O)OC[C@@H](O)CO)OC(=O)CCCCCCCCC/C=C/C/C=C/CCCCC. The molecule has 0 spiro atoms. The zero-order valence-corrected chi connectivity index (χ0v) is 35.3. The van der Waals surface area contributed by atoms with E-state index in [2.05, 4.69) is 79.1 Å². The van der Waals surface area contributed by atoms with E-state index in [-0.39, 0.29) is 19.4 Å². The molecule has 55 heavy (non-hydrogen) atoms. The Kier molecular flexibility index (Phi) is 38.2. The van der Waals surface area contributed by atoms with E-state index in [0.717, 1.165) is 70.6 Å². The molecule has 0 bridgehead atoms. The molecule has 0 aliphatic carbocycles. The van der Waals surface area contributed by atoms with Crippen LogP contribution < -0.4 is 0 Å². The van der Waals surface area contributed by atoms with E-state index in [1.165, 1.54) is 57.8 Å². The van der Waals surface area contributed by atoms with Gasteiger partial charge in [-0.05, 0) is 83.5 Å². The summed E-state index contributed by atoms with van der Waals surface area (Å²) in [6, 6.07) is 0. The Bertz CT molecular complexity index is 1100. The Morgan fingerprint density at radius 1 is 0.545 bits per heavy atom. The number of hydrogen-bond acceptors (Lipinski definition) is 9. The first-order valence-electron chi connectivity index (χ1n) is 21.2. The molecule has 318 valence electrons. The van der Waals surface area contributed by atoms with Crippen molar-refractivity contribution >= 4 is 19.8 Å². The van der Waals surface area contributed by atoms with Crippen LogP contribution in [0.3, 0.4) is 0 Å². The van der Waals surface area contributed by atoms with Crippen LogP contribution in [-0.4, -0.2) is 65.7 Å². The highest BCUT2D eigenvalue weighted by Crippen LogP contribution is 2.43. The fourth-order valence-electron chi connectivity index (χ4n) is 5.32. The van der Waals surface area contributed by atoms with Crippen molar-refractivity contribution in [1.29, 1.82) is 0 Å². The van der Waals surface area contributed by atoms with E-state index in [1.807, 2.05) is 0 Å². The molecular formula is C44H77O10P. The van der Waals surface area contributed by atoms with E-state index < -0.39 is 51.8 Å².